The summed E-state index contributed by atoms with van der Waals surface area (Å²) in [5.74, 6) is -0.444. The van der Waals surface area contributed by atoms with Gasteiger partial charge in [0.05, 0.1) is 6.04 Å². The largest absolute Gasteiger partial charge is 0.495 e. The fraction of sp³-hybridized carbons (Fsp3) is 0.485. The lowest BCUT2D eigenvalue weighted by Gasteiger charge is -2.17. The number of carboxylic acid groups (broad SMARTS) is 2. The van der Waals surface area contributed by atoms with Crippen molar-refractivity contribution in [1.29, 1.82) is 0 Å². The van der Waals surface area contributed by atoms with Crippen molar-refractivity contribution in [3.63, 3.8) is 0 Å². The molecule has 2 aromatic heterocycles. The standard InChI is InChI=1S/C33H42N4O6S/c1-6-19-15(2)24(36-33(19)43)11-22-16(3)20(7-9-29(38)39)25(34-22)13-26-21(8-10-30(40)41)17(4)23(35-26)12-27-31(28-14-44-28)18(5)32(42)37-27/h12-13,15,24,27-28,34-36,43H,6-11,14H2,1-5H3,(H,37,42)(H,38,39)(H,40,41)/b23-12+,26-13-/t15?,24-,27+,28+/m1/s1. The summed E-state index contributed by atoms with van der Waals surface area (Å²) in [6, 6.07) is -0.232. The molecule has 5 rings (SSSR count). The number of thioether (sulfide) groups is 1. The topological polar surface area (TPSA) is 168 Å². The van der Waals surface area contributed by atoms with Gasteiger partial charge in [-0.05, 0) is 85.6 Å². The van der Waals surface area contributed by atoms with Gasteiger partial charge < -0.3 is 35.9 Å². The Kier molecular flexibility index (Phi) is 9.06. The molecule has 0 aromatic carbocycles. The van der Waals surface area contributed by atoms with Gasteiger partial charge in [0.15, 0.2) is 5.88 Å². The van der Waals surface area contributed by atoms with E-state index < -0.39 is 11.9 Å². The van der Waals surface area contributed by atoms with Crippen LogP contribution in [0.25, 0.3) is 12.2 Å². The highest BCUT2D eigenvalue weighted by molar-refractivity contribution is 8.07. The first kappa shape index (κ1) is 31.6. The Hall–Kier alpha value is -3.86. The quantitative estimate of drug-likeness (QED) is 0.177. The monoisotopic (exact) mass is 622 g/mol. The van der Waals surface area contributed by atoms with Gasteiger partial charge in [-0.25, -0.2) is 0 Å². The van der Waals surface area contributed by atoms with Gasteiger partial charge in [0.2, 0.25) is 5.91 Å². The molecule has 4 atom stereocenters. The van der Waals surface area contributed by atoms with Crippen LogP contribution in [-0.4, -0.2) is 66.2 Å². The van der Waals surface area contributed by atoms with Gasteiger partial charge in [0.1, 0.15) is 0 Å². The van der Waals surface area contributed by atoms with E-state index in [1.165, 1.54) is 0 Å². The molecule has 11 heteroatoms. The molecule has 1 fully saturated rings. The van der Waals surface area contributed by atoms with E-state index in [-0.39, 0.29) is 42.6 Å². The van der Waals surface area contributed by atoms with Gasteiger partial charge in [0, 0.05) is 69.9 Å². The summed E-state index contributed by atoms with van der Waals surface area (Å²) in [5.41, 5.74) is 8.30. The first-order chi connectivity index (χ1) is 20.9. The average Bonchev–Trinajstić information content (AvgIpc) is 3.53. The van der Waals surface area contributed by atoms with Gasteiger partial charge >= 0.3 is 11.9 Å². The molecule has 44 heavy (non-hydrogen) atoms. The van der Waals surface area contributed by atoms with E-state index >= 15 is 0 Å². The predicted octanol–water partition coefficient (Wildman–Crippen LogP) is 2.86. The number of aromatic nitrogens is 2. The van der Waals surface area contributed by atoms with E-state index in [2.05, 4.69) is 27.5 Å². The Balaban J connectivity index is 1.58. The first-order valence-electron chi connectivity index (χ1n) is 15.3. The van der Waals surface area contributed by atoms with E-state index in [0.29, 0.717) is 24.5 Å². The molecule has 2 aromatic rings. The summed E-state index contributed by atoms with van der Waals surface area (Å²) in [7, 11) is 0. The van der Waals surface area contributed by atoms with Crippen LogP contribution < -0.4 is 21.3 Å². The van der Waals surface area contributed by atoms with Crippen molar-refractivity contribution in [2.45, 2.75) is 90.5 Å². The second-order valence-corrected chi connectivity index (χ2v) is 13.3. The molecule has 0 spiro atoms. The van der Waals surface area contributed by atoms with Crippen LogP contribution in [-0.2, 0) is 33.6 Å². The van der Waals surface area contributed by atoms with Crippen molar-refractivity contribution < 1.29 is 29.7 Å². The van der Waals surface area contributed by atoms with Gasteiger partial charge in [-0.1, -0.05) is 13.8 Å². The molecular formula is C33H42N4O6S. The lowest BCUT2D eigenvalue weighted by Crippen LogP contribution is -2.30. The maximum atomic E-state index is 12.5. The van der Waals surface area contributed by atoms with Gasteiger partial charge in [0.25, 0.3) is 0 Å². The molecule has 1 amide bonds. The van der Waals surface area contributed by atoms with Crippen LogP contribution in [0.4, 0.5) is 0 Å². The van der Waals surface area contributed by atoms with Gasteiger partial charge in [-0.2, -0.15) is 11.8 Å². The summed E-state index contributed by atoms with van der Waals surface area (Å²) >= 11 is 1.82. The van der Waals surface area contributed by atoms with Crippen LogP contribution >= 0.6 is 11.8 Å². The maximum absolute atomic E-state index is 12.5. The minimum absolute atomic E-state index is 0.000466. The second kappa shape index (κ2) is 12.6. The van der Waals surface area contributed by atoms with Crippen LogP contribution in [0, 0.1) is 19.8 Å². The van der Waals surface area contributed by atoms with Crippen LogP contribution in [0.15, 0.2) is 22.6 Å². The molecule has 0 saturated carbocycles. The number of aliphatic carboxylic acids is 2. The number of amides is 1. The average molecular weight is 623 g/mol. The number of rotatable bonds is 12. The SMILES string of the molecule is CCC1=C(O)N[C@H](Cc2[nH]c(/C=c3\[nH]/c(=C/[C@@H]4NC(=O)C(C)=C4[C@@H]4CS4)c(C)c3CCC(=O)O)c(CCC(=O)O)c2C)C1C. The van der Waals surface area contributed by atoms with Crippen LogP contribution in [0.2, 0.25) is 0 Å². The number of hydrogen-bond donors (Lipinski definition) is 7. The molecule has 5 heterocycles. The number of H-pyrrole nitrogens is 2. The molecule has 1 unspecified atom stereocenters. The third-order valence-electron chi connectivity index (χ3n) is 9.43. The molecular weight excluding hydrogens is 580 g/mol. The van der Waals surface area contributed by atoms with Gasteiger partial charge in [-0.15, -0.1) is 0 Å². The van der Waals surface area contributed by atoms with E-state index in [0.717, 1.165) is 73.2 Å². The first-order valence-corrected chi connectivity index (χ1v) is 16.3. The molecule has 10 nitrogen and oxygen atoms in total. The fourth-order valence-electron chi connectivity index (χ4n) is 6.71. The van der Waals surface area contributed by atoms with Gasteiger partial charge in [-0.3, -0.25) is 14.4 Å². The van der Waals surface area contributed by atoms with E-state index in [9.17, 15) is 29.7 Å². The summed E-state index contributed by atoms with van der Waals surface area (Å²) in [6.45, 7) is 9.95. The zero-order valence-corrected chi connectivity index (χ0v) is 26.7. The highest BCUT2D eigenvalue weighted by Crippen LogP contribution is 2.41. The van der Waals surface area contributed by atoms with Crippen molar-refractivity contribution in [1.82, 2.24) is 20.6 Å². The second-order valence-electron chi connectivity index (χ2n) is 12.1. The Morgan fingerprint density at radius 2 is 1.64 bits per heavy atom. The Bertz CT molecular complexity index is 1690. The lowest BCUT2D eigenvalue weighted by molar-refractivity contribution is -0.138. The third-order valence-corrected chi connectivity index (χ3v) is 10.3. The van der Waals surface area contributed by atoms with Crippen LogP contribution in [0.5, 0.6) is 0 Å². The zero-order valence-electron chi connectivity index (χ0n) is 25.9. The van der Waals surface area contributed by atoms with E-state index in [4.69, 9.17) is 0 Å². The number of carbonyl (C=O) groups is 3. The van der Waals surface area contributed by atoms with Crippen LogP contribution in [0.1, 0.15) is 73.7 Å². The summed E-state index contributed by atoms with van der Waals surface area (Å²) in [4.78, 5) is 42.7. The van der Waals surface area contributed by atoms with Crippen molar-refractivity contribution in [2.24, 2.45) is 5.92 Å². The molecule has 3 aliphatic heterocycles. The lowest BCUT2D eigenvalue weighted by atomic mass is 9.91. The number of aliphatic hydroxyl groups excluding tert-OH is 1. The summed E-state index contributed by atoms with van der Waals surface area (Å²) in [5, 5.41) is 37.6. The molecule has 7 N–H and O–H groups in total. The molecule has 236 valence electrons. The zero-order chi connectivity index (χ0) is 31.9. The number of carboxylic acids is 2. The van der Waals surface area contributed by atoms with Crippen molar-refractivity contribution >= 4 is 41.8 Å². The van der Waals surface area contributed by atoms with E-state index in [1.54, 1.807) is 0 Å². The molecule has 1 saturated heterocycles. The minimum atomic E-state index is -0.890. The smallest absolute Gasteiger partial charge is 0.303 e. The number of aliphatic hydroxyl groups is 1. The maximum Gasteiger partial charge on any atom is 0.303 e. The number of hydrogen-bond acceptors (Lipinski definition) is 6. The summed E-state index contributed by atoms with van der Waals surface area (Å²) < 4.78 is 0. The number of carbonyl (C=O) groups excluding carboxylic acids is 1. The Morgan fingerprint density at radius 3 is 2.23 bits per heavy atom. The molecule has 0 bridgehead atoms. The summed E-state index contributed by atoms with van der Waals surface area (Å²) in [6.07, 6.45) is 5.96. The Morgan fingerprint density at radius 1 is 0.977 bits per heavy atom. The van der Waals surface area contributed by atoms with Crippen LogP contribution in [0.3, 0.4) is 0 Å². The highest BCUT2D eigenvalue weighted by Gasteiger charge is 2.38. The highest BCUT2D eigenvalue weighted by atomic mass is 32.2. The molecule has 3 aliphatic rings. The Labute approximate surface area is 260 Å². The number of aromatic amines is 2. The van der Waals surface area contributed by atoms with Crippen molar-refractivity contribution in [3.8, 4) is 0 Å². The fourth-order valence-corrected chi connectivity index (χ4v) is 7.49. The van der Waals surface area contributed by atoms with Crippen molar-refractivity contribution in [2.75, 3.05) is 5.75 Å². The van der Waals surface area contributed by atoms with E-state index in [1.807, 2.05) is 51.6 Å². The normalized spacial score (nSPS) is 24.0. The number of nitrogens with one attached hydrogen (secondary N) is 4. The predicted molar refractivity (Wildman–Crippen MR) is 171 cm³/mol. The van der Waals surface area contributed by atoms with Crippen molar-refractivity contribution in [3.05, 3.63) is 66.9 Å². The minimum Gasteiger partial charge on any atom is -0.495 e. The molecule has 0 radical (unpaired) electrons. The third kappa shape index (κ3) is 6.33. The molecule has 0 aliphatic carbocycles.